The van der Waals surface area contributed by atoms with E-state index >= 15 is 0 Å². The summed E-state index contributed by atoms with van der Waals surface area (Å²) in [5.74, 6) is 0. The van der Waals surface area contributed by atoms with Crippen molar-refractivity contribution in [3.05, 3.63) is 0 Å². The minimum atomic E-state index is 0.379. The maximum atomic E-state index is 5.55. The third-order valence-electron chi connectivity index (χ3n) is 3.28. The standard InChI is InChI=1S/C14H30N2O/c1-4-8-15-14-7-10-16(12-14)9-5-6-11-17-13(2)3/h13-15H,4-12H2,1-3H3. The minimum Gasteiger partial charge on any atom is -0.379 e. The molecule has 0 aromatic heterocycles. The van der Waals surface area contributed by atoms with Crippen LogP contribution in [0.4, 0.5) is 0 Å². The molecule has 0 amide bonds. The highest BCUT2D eigenvalue weighted by atomic mass is 16.5. The molecule has 1 fully saturated rings. The van der Waals surface area contributed by atoms with Crippen molar-refractivity contribution in [3.8, 4) is 0 Å². The fourth-order valence-electron chi connectivity index (χ4n) is 2.31. The smallest absolute Gasteiger partial charge is 0.0518 e. The number of rotatable bonds is 9. The van der Waals surface area contributed by atoms with Crippen LogP contribution in [-0.4, -0.2) is 49.8 Å². The second-order valence-corrected chi connectivity index (χ2v) is 5.37. The third-order valence-corrected chi connectivity index (χ3v) is 3.28. The van der Waals surface area contributed by atoms with Gasteiger partial charge in [0.05, 0.1) is 6.10 Å². The Bertz CT molecular complexity index is 185. The fourth-order valence-corrected chi connectivity index (χ4v) is 2.31. The van der Waals surface area contributed by atoms with Gasteiger partial charge in [0.2, 0.25) is 0 Å². The van der Waals surface area contributed by atoms with Gasteiger partial charge >= 0.3 is 0 Å². The third kappa shape index (κ3) is 7.02. The summed E-state index contributed by atoms with van der Waals surface area (Å²) in [6, 6.07) is 0.738. The molecule has 1 N–H and O–H groups in total. The lowest BCUT2D eigenvalue weighted by atomic mass is 10.2. The number of nitrogens with one attached hydrogen (secondary N) is 1. The van der Waals surface area contributed by atoms with Gasteiger partial charge in [-0.25, -0.2) is 0 Å². The van der Waals surface area contributed by atoms with Crippen LogP contribution in [0.2, 0.25) is 0 Å². The maximum absolute atomic E-state index is 5.55. The first-order valence-electron chi connectivity index (χ1n) is 7.29. The summed E-state index contributed by atoms with van der Waals surface area (Å²) in [6.45, 7) is 12.3. The molecular weight excluding hydrogens is 212 g/mol. The molecule has 0 aromatic carbocycles. The summed E-state index contributed by atoms with van der Waals surface area (Å²) in [7, 11) is 0. The van der Waals surface area contributed by atoms with E-state index in [-0.39, 0.29) is 0 Å². The first-order valence-corrected chi connectivity index (χ1v) is 7.29. The second kappa shape index (κ2) is 8.90. The quantitative estimate of drug-likeness (QED) is 0.628. The average molecular weight is 242 g/mol. The summed E-state index contributed by atoms with van der Waals surface area (Å²) in [6.07, 6.45) is 5.41. The van der Waals surface area contributed by atoms with Gasteiger partial charge in [-0.2, -0.15) is 0 Å². The Hall–Kier alpha value is -0.120. The molecule has 0 aliphatic carbocycles. The second-order valence-electron chi connectivity index (χ2n) is 5.37. The Labute approximate surface area is 107 Å². The van der Waals surface area contributed by atoms with E-state index in [0.717, 1.165) is 12.6 Å². The molecule has 0 bridgehead atoms. The number of ether oxygens (including phenoxy) is 1. The zero-order valence-corrected chi connectivity index (χ0v) is 11.9. The number of likely N-dealkylation sites (tertiary alicyclic amines) is 1. The van der Waals surface area contributed by atoms with Gasteiger partial charge in [-0.15, -0.1) is 0 Å². The molecule has 17 heavy (non-hydrogen) atoms. The van der Waals surface area contributed by atoms with E-state index in [0.29, 0.717) is 6.10 Å². The normalized spacial score (nSPS) is 21.5. The van der Waals surface area contributed by atoms with Gasteiger partial charge in [0.1, 0.15) is 0 Å². The number of nitrogens with zero attached hydrogens (tertiary/aromatic N) is 1. The first kappa shape index (κ1) is 14.9. The van der Waals surface area contributed by atoms with Gasteiger partial charge in [-0.3, -0.25) is 0 Å². The monoisotopic (exact) mass is 242 g/mol. The van der Waals surface area contributed by atoms with Crippen LogP contribution in [-0.2, 0) is 4.74 Å². The molecule has 1 saturated heterocycles. The van der Waals surface area contributed by atoms with Gasteiger partial charge in [0.25, 0.3) is 0 Å². The highest BCUT2D eigenvalue weighted by Crippen LogP contribution is 2.10. The lowest BCUT2D eigenvalue weighted by Crippen LogP contribution is -2.33. The van der Waals surface area contributed by atoms with Gasteiger partial charge in [-0.05, 0) is 59.2 Å². The molecule has 1 unspecified atom stereocenters. The van der Waals surface area contributed by atoms with Crippen LogP contribution < -0.4 is 5.32 Å². The van der Waals surface area contributed by atoms with Crippen molar-refractivity contribution in [2.45, 2.75) is 58.6 Å². The molecule has 0 radical (unpaired) electrons. The molecule has 102 valence electrons. The van der Waals surface area contributed by atoms with Crippen molar-refractivity contribution in [2.24, 2.45) is 0 Å². The molecule has 1 aliphatic rings. The zero-order chi connectivity index (χ0) is 12.5. The molecule has 1 aliphatic heterocycles. The summed E-state index contributed by atoms with van der Waals surface area (Å²) >= 11 is 0. The van der Waals surface area contributed by atoms with E-state index in [1.165, 1.54) is 51.9 Å². The van der Waals surface area contributed by atoms with Crippen LogP contribution in [0.25, 0.3) is 0 Å². The van der Waals surface area contributed by atoms with Crippen molar-refractivity contribution in [1.82, 2.24) is 10.2 Å². The Morgan fingerprint density at radius 2 is 2.18 bits per heavy atom. The van der Waals surface area contributed by atoms with E-state index in [1.54, 1.807) is 0 Å². The van der Waals surface area contributed by atoms with Gasteiger partial charge in [0.15, 0.2) is 0 Å². The molecule has 3 nitrogen and oxygen atoms in total. The lowest BCUT2D eigenvalue weighted by Gasteiger charge is -2.16. The topological polar surface area (TPSA) is 24.5 Å². The molecule has 0 aromatic rings. The van der Waals surface area contributed by atoms with E-state index in [9.17, 15) is 0 Å². The summed E-state index contributed by atoms with van der Waals surface area (Å²) in [5, 5.41) is 3.61. The van der Waals surface area contributed by atoms with E-state index < -0.39 is 0 Å². The molecular formula is C14H30N2O. The summed E-state index contributed by atoms with van der Waals surface area (Å²) in [5.41, 5.74) is 0. The molecule has 1 rings (SSSR count). The lowest BCUT2D eigenvalue weighted by molar-refractivity contribution is 0.0746. The van der Waals surface area contributed by atoms with Crippen LogP contribution in [0.1, 0.15) is 46.5 Å². The van der Waals surface area contributed by atoms with Crippen molar-refractivity contribution < 1.29 is 4.74 Å². The Balaban J connectivity index is 1.94. The van der Waals surface area contributed by atoms with Gasteiger partial charge in [0, 0.05) is 19.2 Å². The highest BCUT2D eigenvalue weighted by Gasteiger charge is 2.20. The van der Waals surface area contributed by atoms with Crippen molar-refractivity contribution >= 4 is 0 Å². The molecule has 0 saturated carbocycles. The highest BCUT2D eigenvalue weighted by molar-refractivity contribution is 4.80. The SMILES string of the molecule is CCCNC1CCN(CCCCOC(C)C)C1. The predicted octanol–water partition coefficient (Wildman–Crippen LogP) is 2.27. The Kier molecular flexibility index (Phi) is 7.82. The fraction of sp³-hybridized carbons (Fsp3) is 1.00. The first-order chi connectivity index (χ1) is 8.22. The van der Waals surface area contributed by atoms with Crippen LogP contribution in [0, 0.1) is 0 Å². The Morgan fingerprint density at radius 1 is 1.35 bits per heavy atom. The van der Waals surface area contributed by atoms with Crippen LogP contribution in [0.3, 0.4) is 0 Å². The number of unbranched alkanes of at least 4 members (excludes halogenated alkanes) is 1. The van der Waals surface area contributed by atoms with Crippen molar-refractivity contribution in [2.75, 3.05) is 32.8 Å². The molecule has 1 atom stereocenters. The molecule has 3 heteroatoms. The largest absolute Gasteiger partial charge is 0.379 e. The van der Waals surface area contributed by atoms with Gasteiger partial charge < -0.3 is 15.0 Å². The van der Waals surface area contributed by atoms with E-state index in [4.69, 9.17) is 4.74 Å². The summed E-state index contributed by atoms with van der Waals surface area (Å²) < 4.78 is 5.55. The predicted molar refractivity (Wildman–Crippen MR) is 73.5 cm³/mol. The maximum Gasteiger partial charge on any atom is 0.0518 e. The van der Waals surface area contributed by atoms with E-state index in [1.807, 2.05) is 0 Å². The van der Waals surface area contributed by atoms with Crippen LogP contribution in [0.5, 0.6) is 0 Å². The van der Waals surface area contributed by atoms with Crippen LogP contribution in [0.15, 0.2) is 0 Å². The zero-order valence-electron chi connectivity index (χ0n) is 11.9. The number of hydrogen-bond donors (Lipinski definition) is 1. The molecule has 0 spiro atoms. The van der Waals surface area contributed by atoms with Crippen LogP contribution >= 0.6 is 0 Å². The molecule has 1 heterocycles. The van der Waals surface area contributed by atoms with E-state index in [2.05, 4.69) is 31.0 Å². The van der Waals surface area contributed by atoms with Gasteiger partial charge in [-0.1, -0.05) is 6.92 Å². The summed E-state index contributed by atoms with van der Waals surface area (Å²) in [4.78, 5) is 2.59. The Morgan fingerprint density at radius 3 is 2.88 bits per heavy atom. The minimum absolute atomic E-state index is 0.379. The van der Waals surface area contributed by atoms with Crippen molar-refractivity contribution in [3.63, 3.8) is 0 Å². The average Bonchev–Trinajstić information content (AvgIpc) is 2.73. The number of hydrogen-bond acceptors (Lipinski definition) is 3. The van der Waals surface area contributed by atoms with Crippen molar-refractivity contribution in [1.29, 1.82) is 0 Å².